The van der Waals surface area contributed by atoms with Crippen LogP contribution in [0.2, 0.25) is 0 Å². The van der Waals surface area contributed by atoms with Gasteiger partial charge in [0.05, 0.1) is 34.5 Å². The highest BCUT2D eigenvalue weighted by Crippen LogP contribution is 2.57. The predicted molar refractivity (Wildman–Crippen MR) is 110 cm³/mol. The highest BCUT2D eigenvalue weighted by Gasteiger charge is 2.52. The first-order valence-electron chi connectivity index (χ1n) is 10.0. The molecule has 7 nitrogen and oxygen atoms in total. The zero-order chi connectivity index (χ0) is 21.6. The Morgan fingerprint density at radius 3 is 2.43 bits per heavy atom. The molecule has 1 aromatic carbocycles. The van der Waals surface area contributed by atoms with E-state index in [0.717, 1.165) is 16.7 Å². The van der Waals surface area contributed by atoms with Crippen molar-refractivity contribution in [2.45, 2.75) is 37.6 Å². The smallest absolute Gasteiger partial charge is 0.220 e. The number of fused-ring (bicyclic) bond motifs is 1. The molecule has 1 heterocycles. The van der Waals surface area contributed by atoms with E-state index in [1.54, 1.807) is 34.3 Å². The van der Waals surface area contributed by atoms with Crippen molar-refractivity contribution in [2.75, 3.05) is 35.0 Å². The number of carbonyl (C=O) groups excluding carboxylic acids is 2. The molecule has 0 N–H and O–H groups in total. The Morgan fingerprint density at radius 2 is 1.83 bits per heavy atom. The van der Waals surface area contributed by atoms with Gasteiger partial charge in [-0.2, -0.15) is 0 Å². The number of benzene rings is 1. The Labute approximate surface area is 176 Å². The molecule has 1 amide bonds. The third-order valence-corrected chi connectivity index (χ3v) is 6.57. The van der Waals surface area contributed by atoms with Gasteiger partial charge in [-0.25, -0.2) is 0 Å². The molecule has 2 bridgehead atoms. The van der Waals surface area contributed by atoms with Gasteiger partial charge in [-0.05, 0) is 48.6 Å². The minimum absolute atomic E-state index is 0.0107. The van der Waals surface area contributed by atoms with E-state index in [-0.39, 0.29) is 17.7 Å². The summed E-state index contributed by atoms with van der Waals surface area (Å²) in [5.74, 6) is 1.84. The third kappa shape index (κ3) is 2.71. The van der Waals surface area contributed by atoms with Crippen LogP contribution in [0, 0.1) is 0 Å². The largest absolute Gasteiger partial charge is 0.493 e. The molecular weight excluding hydrogens is 386 g/mol. The summed E-state index contributed by atoms with van der Waals surface area (Å²) in [5, 5.41) is 0. The second-order valence-corrected chi connectivity index (χ2v) is 7.84. The van der Waals surface area contributed by atoms with Crippen LogP contribution in [0.3, 0.4) is 0 Å². The number of nitrogens with zero attached hydrogens (tertiary/aromatic N) is 1. The van der Waals surface area contributed by atoms with Crippen LogP contribution >= 0.6 is 0 Å². The molecule has 1 aliphatic heterocycles. The highest BCUT2D eigenvalue weighted by molar-refractivity contribution is 6.05. The average molecular weight is 413 g/mol. The zero-order valence-corrected chi connectivity index (χ0v) is 18.0. The van der Waals surface area contributed by atoms with Gasteiger partial charge in [-0.15, -0.1) is 0 Å². The molecule has 0 spiro atoms. The van der Waals surface area contributed by atoms with Crippen LogP contribution in [0.25, 0.3) is 0 Å². The van der Waals surface area contributed by atoms with Gasteiger partial charge < -0.3 is 23.8 Å². The molecular formula is C23H27NO6. The molecule has 1 fully saturated rings. The van der Waals surface area contributed by atoms with Crippen molar-refractivity contribution >= 4 is 11.7 Å². The topological polar surface area (TPSA) is 74.3 Å². The van der Waals surface area contributed by atoms with E-state index >= 15 is 0 Å². The molecule has 4 rings (SSSR count). The van der Waals surface area contributed by atoms with Crippen LogP contribution < -0.4 is 14.2 Å². The molecule has 2 atom stereocenters. The van der Waals surface area contributed by atoms with Gasteiger partial charge in [-0.3, -0.25) is 9.59 Å². The summed E-state index contributed by atoms with van der Waals surface area (Å²) in [6.07, 6.45) is 5.61. The number of allylic oxidation sites excluding steroid dienone is 2. The first-order chi connectivity index (χ1) is 14.4. The van der Waals surface area contributed by atoms with Crippen LogP contribution in [0.5, 0.6) is 17.2 Å². The molecule has 0 aromatic heterocycles. The summed E-state index contributed by atoms with van der Waals surface area (Å²) in [6, 6.07) is 1.82. The lowest BCUT2D eigenvalue weighted by atomic mass is 9.64. The molecule has 1 saturated heterocycles. The molecule has 1 aromatic rings. The number of aryl methyl sites for hydroxylation is 1. The summed E-state index contributed by atoms with van der Waals surface area (Å²) in [4.78, 5) is 27.0. The first kappa shape index (κ1) is 20.3. The van der Waals surface area contributed by atoms with Crippen LogP contribution in [0.15, 0.2) is 29.6 Å². The van der Waals surface area contributed by atoms with Crippen molar-refractivity contribution < 1.29 is 28.5 Å². The number of carbonyl (C=O) groups is 2. The first-order valence-corrected chi connectivity index (χ1v) is 10.0. The molecule has 30 heavy (non-hydrogen) atoms. The summed E-state index contributed by atoms with van der Waals surface area (Å²) in [5.41, 5.74) is 2.32. The third-order valence-electron chi connectivity index (χ3n) is 6.57. The maximum absolute atomic E-state index is 12.7. The van der Waals surface area contributed by atoms with Crippen LogP contribution in [-0.4, -0.2) is 57.6 Å². The van der Waals surface area contributed by atoms with E-state index in [4.69, 9.17) is 18.9 Å². The van der Waals surface area contributed by atoms with Gasteiger partial charge in [0.2, 0.25) is 17.4 Å². The quantitative estimate of drug-likeness (QED) is 0.755. The van der Waals surface area contributed by atoms with Gasteiger partial charge in [0.15, 0.2) is 17.3 Å². The monoisotopic (exact) mass is 413 g/mol. The van der Waals surface area contributed by atoms with Crippen molar-refractivity contribution in [2.24, 2.45) is 0 Å². The van der Waals surface area contributed by atoms with Crippen molar-refractivity contribution in [1.82, 2.24) is 4.90 Å². The van der Waals surface area contributed by atoms with Crippen molar-refractivity contribution in [1.29, 1.82) is 0 Å². The molecule has 7 heteroatoms. The number of hydrogen-bond acceptors (Lipinski definition) is 6. The number of rotatable bonds is 4. The Bertz CT molecular complexity index is 978. The van der Waals surface area contributed by atoms with Crippen LogP contribution in [0.4, 0.5) is 0 Å². The lowest BCUT2D eigenvalue weighted by molar-refractivity contribution is -0.132. The van der Waals surface area contributed by atoms with Crippen LogP contribution in [0.1, 0.15) is 30.9 Å². The molecule has 0 radical (unpaired) electrons. The molecule has 2 aliphatic carbocycles. The normalized spacial score (nSPS) is 24.6. The minimum atomic E-state index is -0.618. The van der Waals surface area contributed by atoms with Crippen molar-refractivity contribution in [3.63, 3.8) is 0 Å². The van der Waals surface area contributed by atoms with E-state index in [2.05, 4.69) is 0 Å². The van der Waals surface area contributed by atoms with Crippen molar-refractivity contribution in [3.05, 3.63) is 40.7 Å². The summed E-state index contributed by atoms with van der Waals surface area (Å²) < 4.78 is 22.5. The number of methoxy groups -OCH3 is 4. The maximum Gasteiger partial charge on any atom is 0.220 e. The van der Waals surface area contributed by atoms with E-state index in [0.29, 0.717) is 48.8 Å². The minimum Gasteiger partial charge on any atom is -0.493 e. The fourth-order valence-corrected chi connectivity index (χ4v) is 5.32. The summed E-state index contributed by atoms with van der Waals surface area (Å²) in [6.45, 7) is 2.16. The van der Waals surface area contributed by atoms with Gasteiger partial charge in [0.1, 0.15) is 0 Å². The molecule has 0 unspecified atom stereocenters. The SMILES string of the molecule is COC1=C[C@@]23CCN(C(C)=O)[C@@H](CCc4cc(OC)c(OC)c(OC)c42)C3=CC1=O. The summed E-state index contributed by atoms with van der Waals surface area (Å²) >= 11 is 0. The average Bonchev–Trinajstić information content (AvgIpc) is 2.82. The van der Waals surface area contributed by atoms with Crippen LogP contribution in [-0.2, 0) is 26.2 Å². The van der Waals surface area contributed by atoms with Crippen molar-refractivity contribution in [3.8, 4) is 17.2 Å². The maximum atomic E-state index is 12.7. The predicted octanol–water partition coefficient (Wildman–Crippen LogP) is 2.56. The van der Waals surface area contributed by atoms with E-state index in [9.17, 15) is 9.59 Å². The van der Waals surface area contributed by atoms with E-state index in [1.165, 1.54) is 7.11 Å². The number of amides is 1. The van der Waals surface area contributed by atoms with E-state index in [1.807, 2.05) is 17.0 Å². The summed E-state index contributed by atoms with van der Waals surface area (Å²) in [7, 11) is 6.30. The number of ketones is 1. The second-order valence-electron chi connectivity index (χ2n) is 7.84. The number of ether oxygens (including phenoxy) is 4. The standard InChI is InChI=1S/C23H27NO6/c1-13(25)24-9-8-23-12-19(28-3)17(26)11-15(23)16(24)7-6-14-10-18(27-2)21(29-4)22(30-5)20(14)23/h10-12,16H,6-9H2,1-5H3/t16-,23+/m0/s1. The Hall–Kier alpha value is -2.96. The lowest BCUT2D eigenvalue weighted by Crippen LogP contribution is -2.52. The lowest BCUT2D eigenvalue weighted by Gasteiger charge is -2.48. The number of hydrogen-bond donors (Lipinski definition) is 0. The molecule has 0 saturated carbocycles. The second kappa shape index (κ2) is 7.38. The Balaban J connectivity index is 2.06. The Kier molecular flexibility index (Phi) is 5.00. The van der Waals surface area contributed by atoms with E-state index < -0.39 is 5.41 Å². The fourth-order valence-electron chi connectivity index (χ4n) is 5.32. The number of piperidine rings is 1. The number of likely N-dealkylation sites (tertiary alicyclic amines) is 1. The zero-order valence-electron chi connectivity index (χ0n) is 18.0. The fraction of sp³-hybridized carbons (Fsp3) is 0.478. The Morgan fingerprint density at radius 1 is 1.10 bits per heavy atom. The van der Waals surface area contributed by atoms with Gasteiger partial charge in [0.25, 0.3) is 0 Å². The van der Waals surface area contributed by atoms with Gasteiger partial charge in [-0.1, -0.05) is 0 Å². The molecule has 160 valence electrons. The highest BCUT2D eigenvalue weighted by atomic mass is 16.5. The van der Waals surface area contributed by atoms with Gasteiger partial charge >= 0.3 is 0 Å². The van der Waals surface area contributed by atoms with Gasteiger partial charge in [0, 0.05) is 24.4 Å². The molecule has 3 aliphatic rings.